The molecule has 0 aliphatic carbocycles. The number of nitrogens with one attached hydrogen (secondary N) is 2. The van der Waals surface area contributed by atoms with Crippen LogP contribution >= 0.6 is 11.3 Å². The van der Waals surface area contributed by atoms with E-state index in [1.165, 1.54) is 11.3 Å². The summed E-state index contributed by atoms with van der Waals surface area (Å²) in [5.74, 6) is -0.624. The molecule has 0 radical (unpaired) electrons. The molecule has 5 rings (SSSR count). The van der Waals surface area contributed by atoms with Crippen molar-refractivity contribution in [2.75, 3.05) is 37.8 Å². The molecule has 0 spiro atoms. The lowest BCUT2D eigenvalue weighted by Crippen LogP contribution is -2.37. The molecular weight excluding hydrogens is 502 g/mol. The van der Waals surface area contributed by atoms with Crippen LogP contribution in [0.1, 0.15) is 39.8 Å². The zero-order valence-corrected chi connectivity index (χ0v) is 22.0. The van der Waals surface area contributed by atoms with Crippen LogP contribution in [0.4, 0.5) is 5.69 Å². The van der Waals surface area contributed by atoms with Crippen molar-refractivity contribution in [2.24, 2.45) is 0 Å². The standard InChI is InChI=1S/C28H31N5O4S/c1-2-21(17-34)30-28(36)25-24(20-9-15-38-18-20)31-26-23(4-3-10-33(25)26)27(35)29-16-19-5-7-22(8-6-19)32-11-13-37-14-12-32/h3-10,15,18,21,34H,2,11-14,16-17H2,1H3,(H,29,35)(H,30,36)/t21-/m0/s1. The Morgan fingerprint density at radius 3 is 2.61 bits per heavy atom. The quantitative estimate of drug-likeness (QED) is 0.305. The number of pyridine rings is 1. The first kappa shape index (κ1) is 25.9. The molecule has 10 heteroatoms. The summed E-state index contributed by atoms with van der Waals surface area (Å²) in [5, 5.41) is 19.3. The van der Waals surface area contributed by atoms with E-state index in [0.29, 0.717) is 35.6 Å². The number of nitrogens with zero attached hydrogens (tertiary/aromatic N) is 3. The third-order valence-electron chi connectivity index (χ3n) is 6.72. The molecule has 1 atom stereocenters. The monoisotopic (exact) mass is 533 g/mol. The van der Waals surface area contributed by atoms with Crippen molar-refractivity contribution in [2.45, 2.75) is 25.9 Å². The van der Waals surface area contributed by atoms with Crippen LogP contribution in [0.2, 0.25) is 0 Å². The molecule has 3 N–H and O–H groups in total. The van der Waals surface area contributed by atoms with Crippen LogP contribution in [0, 0.1) is 0 Å². The predicted octanol–water partition coefficient (Wildman–Crippen LogP) is 3.33. The molecule has 1 aliphatic heterocycles. The number of morpholine rings is 1. The van der Waals surface area contributed by atoms with Crippen molar-refractivity contribution in [1.29, 1.82) is 0 Å². The number of benzene rings is 1. The Hall–Kier alpha value is -3.73. The second kappa shape index (κ2) is 11.8. The van der Waals surface area contributed by atoms with Crippen LogP contribution in [-0.4, -0.2) is 65.3 Å². The number of carbonyl (C=O) groups is 2. The summed E-state index contributed by atoms with van der Waals surface area (Å²) >= 11 is 1.50. The van der Waals surface area contributed by atoms with E-state index >= 15 is 0 Å². The fourth-order valence-electron chi connectivity index (χ4n) is 4.52. The van der Waals surface area contributed by atoms with Crippen LogP contribution in [0.3, 0.4) is 0 Å². The van der Waals surface area contributed by atoms with E-state index in [9.17, 15) is 14.7 Å². The van der Waals surface area contributed by atoms with E-state index in [1.54, 1.807) is 22.7 Å². The third kappa shape index (κ3) is 5.42. The second-order valence-electron chi connectivity index (χ2n) is 9.15. The Labute approximate surface area is 225 Å². The van der Waals surface area contributed by atoms with Crippen LogP contribution in [0.5, 0.6) is 0 Å². The number of carbonyl (C=O) groups excluding carboxylic acids is 2. The van der Waals surface area contributed by atoms with Gasteiger partial charge in [-0.2, -0.15) is 11.3 Å². The molecule has 1 fully saturated rings. The molecule has 4 aromatic rings. The predicted molar refractivity (Wildman–Crippen MR) is 148 cm³/mol. The number of hydrogen-bond acceptors (Lipinski definition) is 7. The van der Waals surface area contributed by atoms with E-state index in [4.69, 9.17) is 9.72 Å². The van der Waals surface area contributed by atoms with E-state index in [0.717, 1.165) is 43.1 Å². The molecule has 4 heterocycles. The smallest absolute Gasteiger partial charge is 0.270 e. The molecule has 0 bridgehead atoms. The van der Waals surface area contributed by atoms with Gasteiger partial charge in [0.05, 0.1) is 31.4 Å². The first-order chi connectivity index (χ1) is 18.6. The van der Waals surface area contributed by atoms with E-state index in [2.05, 4.69) is 27.7 Å². The summed E-state index contributed by atoms with van der Waals surface area (Å²) in [6.07, 6.45) is 2.32. The lowest BCUT2D eigenvalue weighted by Gasteiger charge is -2.28. The Morgan fingerprint density at radius 2 is 1.92 bits per heavy atom. The molecular formula is C28H31N5O4S. The number of aromatic nitrogens is 2. The largest absolute Gasteiger partial charge is 0.394 e. The second-order valence-corrected chi connectivity index (χ2v) is 9.93. The van der Waals surface area contributed by atoms with E-state index in [-0.39, 0.29) is 24.5 Å². The van der Waals surface area contributed by atoms with Gasteiger partial charge >= 0.3 is 0 Å². The number of anilines is 1. The molecule has 198 valence electrons. The van der Waals surface area contributed by atoms with Gasteiger partial charge in [0.1, 0.15) is 11.4 Å². The molecule has 1 saturated heterocycles. The number of hydrogen-bond donors (Lipinski definition) is 3. The minimum Gasteiger partial charge on any atom is -0.394 e. The van der Waals surface area contributed by atoms with E-state index in [1.807, 2.05) is 35.9 Å². The fourth-order valence-corrected chi connectivity index (χ4v) is 5.16. The summed E-state index contributed by atoms with van der Waals surface area (Å²) < 4.78 is 7.08. The van der Waals surface area contributed by atoms with Gasteiger partial charge in [-0.3, -0.25) is 14.0 Å². The van der Waals surface area contributed by atoms with Crippen molar-refractivity contribution in [3.63, 3.8) is 0 Å². The van der Waals surface area contributed by atoms with E-state index < -0.39 is 0 Å². The molecule has 3 aromatic heterocycles. The lowest BCUT2D eigenvalue weighted by molar-refractivity contribution is 0.0907. The van der Waals surface area contributed by atoms with Crippen LogP contribution in [-0.2, 0) is 11.3 Å². The lowest BCUT2D eigenvalue weighted by atomic mass is 10.1. The van der Waals surface area contributed by atoms with Gasteiger partial charge in [-0.15, -0.1) is 0 Å². The molecule has 0 saturated carbocycles. The molecule has 38 heavy (non-hydrogen) atoms. The molecule has 0 unspecified atom stereocenters. The summed E-state index contributed by atoms with van der Waals surface area (Å²) in [7, 11) is 0. The fraction of sp³-hybridized carbons (Fsp3) is 0.321. The highest BCUT2D eigenvalue weighted by Gasteiger charge is 2.25. The van der Waals surface area contributed by atoms with Crippen LogP contribution in [0.15, 0.2) is 59.4 Å². The van der Waals surface area contributed by atoms with Crippen LogP contribution < -0.4 is 15.5 Å². The highest BCUT2D eigenvalue weighted by molar-refractivity contribution is 7.08. The highest BCUT2D eigenvalue weighted by Crippen LogP contribution is 2.28. The number of imidazole rings is 1. The number of aliphatic hydroxyl groups is 1. The summed E-state index contributed by atoms with van der Waals surface area (Å²) in [6.45, 7) is 5.31. The Bertz CT molecular complexity index is 1390. The van der Waals surface area contributed by atoms with Crippen molar-refractivity contribution < 1.29 is 19.4 Å². The van der Waals surface area contributed by atoms with Gasteiger partial charge in [0, 0.05) is 42.5 Å². The first-order valence-corrected chi connectivity index (χ1v) is 13.7. The topological polar surface area (TPSA) is 108 Å². The molecule has 9 nitrogen and oxygen atoms in total. The number of thiophene rings is 1. The normalized spacial score (nSPS) is 14.4. The number of aliphatic hydroxyl groups excluding tert-OH is 1. The maximum Gasteiger partial charge on any atom is 0.270 e. The van der Waals surface area contributed by atoms with Gasteiger partial charge in [0.25, 0.3) is 11.8 Å². The van der Waals surface area contributed by atoms with Gasteiger partial charge in [0.2, 0.25) is 0 Å². The number of amides is 2. The van der Waals surface area contributed by atoms with Gasteiger partial charge in [-0.05, 0) is 47.7 Å². The van der Waals surface area contributed by atoms with Gasteiger partial charge in [-0.25, -0.2) is 4.98 Å². The van der Waals surface area contributed by atoms with Crippen molar-refractivity contribution >= 4 is 34.5 Å². The summed E-state index contributed by atoms with van der Waals surface area (Å²) in [6, 6.07) is 13.1. The molecule has 1 aliphatic rings. The van der Waals surface area contributed by atoms with Gasteiger partial charge in [0.15, 0.2) is 5.65 Å². The molecule has 1 aromatic carbocycles. The first-order valence-electron chi connectivity index (χ1n) is 12.7. The Kier molecular flexibility index (Phi) is 8.02. The zero-order valence-electron chi connectivity index (χ0n) is 21.2. The van der Waals surface area contributed by atoms with Crippen molar-refractivity contribution in [1.82, 2.24) is 20.0 Å². The Balaban J connectivity index is 1.39. The minimum absolute atomic E-state index is 0.159. The summed E-state index contributed by atoms with van der Waals surface area (Å²) in [4.78, 5) is 33.6. The number of rotatable bonds is 9. The molecule has 2 amide bonds. The minimum atomic E-state index is -0.371. The zero-order chi connectivity index (χ0) is 26.5. The van der Waals surface area contributed by atoms with Crippen LogP contribution in [0.25, 0.3) is 16.9 Å². The number of ether oxygens (including phenoxy) is 1. The van der Waals surface area contributed by atoms with Crippen molar-refractivity contribution in [3.8, 4) is 11.3 Å². The van der Waals surface area contributed by atoms with Gasteiger partial charge < -0.3 is 25.4 Å². The average molecular weight is 534 g/mol. The average Bonchev–Trinajstić information content (AvgIpc) is 3.63. The SMILES string of the molecule is CC[C@@H](CO)NC(=O)c1c(-c2ccsc2)nc2c(C(=O)NCc3ccc(N4CCOCC4)cc3)cccn12. The van der Waals surface area contributed by atoms with Gasteiger partial charge in [-0.1, -0.05) is 19.1 Å². The summed E-state index contributed by atoms with van der Waals surface area (Å²) in [5.41, 5.74) is 4.53. The maximum atomic E-state index is 13.3. The van der Waals surface area contributed by atoms with Crippen molar-refractivity contribution in [3.05, 3.63) is 76.2 Å². The highest BCUT2D eigenvalue weighted by atomic mass is 32.1. The third-order valence-corrected chi connectivity index (χ3v) is 7.40. The Morgan fingerprint density at radius 1 is 1.13 bits per heavy atom. The number of fused-ring (bicyclic) bond motifs is 1. The maximum absolute atomic E-state index is 13.3.